The third kappa shape index (κ3) is 3.68. The zero-order chi connectivity index (χ0) is 12.8. The average Bonchev–Trinajstić information content (AvgIpc) is 3.22. The Morgan fingerprint density at radius 1 is 1.44 bits per heavy atom. The first kappa shape index (κ1) is 13.3. The molecule has 18 heavy (non-hydrogen) atoms. The van der Waals surface area contributed by atoms with Crippen molar-refractivity contribution in [3.63, 3.8) is 0 Å². The number of aromatic nitrogens is 1. The predicted octanol–water partition coefficient (Wildman–Crippen LogP) is 1.81. The second-order valence-electron chi connectivity index (χ2n) is 4.71. The summed E-state index contributed by atoms with van der Waals surface area (Å²) in [5.74, 6) is 1.11. The number of nitrogens with one attached hydrogen (secondary N) is 1. The average molecular weight is 249 g/mol. The van der Waals surface area contributed by atoms with Crippen molar-refractivity contribution < 1.29 is 4.74 Å². The molecule has 2 rings (SSSR count). The van der Waals surface area contributed by atoms with Gasteiger partial charge in [-0.2, -0.15) is 0 Å². The van der Waals surface area contributed by atoms with Gasteiger partial charge in [-0.3, -0.25) is 0 Å². The van der Waals surface area contributed by atoms with Crippen LogP contribution in [0.2, 0.25) is 0 Å². The van der Waals surface area contributed by atoms with Crippen molar-refractivity contribution in [2.75, 3.05) is 31.7 Å². The van der Waals surface area contributed by atoms with Crippen molar-refractivity contribution in [3.8, 4) is 0 Å². The summed E-state index contributed by atoms with van der Waals surface area (Å²) >= 11 is 0. The largest absolute Gasteiger partial charge is 0.383 e. The minimum Gasteiger partial charge on any atom is -0.383 e. The van der Waals surface area contributed by atoms with Gasteiger partial charge in [-0.1, -0.05) is 6.07 Å². The Labute approximate surface area is 109 Å². The second kappa shape index (κ2) is 6.71. The van der Waals surface area contributed by atoms with E-state index in [9.17, 15) is 0 Å². The number of pyridine rings is 1. The molecule has 1 fully saturated rings. The minimum absolute atomic E-state index is 0.730. The van der Waals surface area contributed by atoms with E-state index in [-0.39, 0.29) is 0 Å². The van der Waals surface area contributed by atoms with Gasteiger partial charge in [-0.25, -0.2) is 4.98 Å². The van der Waals surface area contributed by atoms with E-state index in [1.807, 2.05) is 6.20 Å². The van der Waals surface area contributed by atoms with Gasteiger partial charge in [0.15, 0.2) is 0 Å². The van der Waals surface area contributed by atoms with Gasteiger partial charge in [0.1, 0.15) is 5.82 Å². The van der Waals surface area contributed by atoms with E-state index in [1.165, 1.54) is 18.4 Å². The lowest BCUT2D eigenvalue weighted by Gasteiger charge is -2.21. The Balaban J connectivity index is 1.84. The quantitative estimate of drug-likeness (QED) is 0.713. The lowest BCUT2D eigenvalue weighted by molar-refractivity contribution is 0.199. The van der Waals surface area contributed by atoms with Crippen LogP contribution in [0.15, 0.2) is 18.3 Å². The van der Waals surface area contributed by atoms with Crippen molar-refractivity contribution in [1.82, 2.24) is 10.3 Å². The Kier molecular flexibility index (Phi) is 4.96. The van der Waals surface area contributed by atoms with Gasteiger partial charge in [0.25, 0.3) is 0 Å². The normalized spacial score (nSPS) is 14.8. The molecule has 0 saturated heterocycles. The maximum absolute atomic E-state index is 4.99. The fourth-order valence-corrected chi connectivity index (χ4v) is 2.09. The standard InChI is InChI=1S/C14H23N3O/c1-3-17(13-5-6-13)14-7-4-12(11-16-14)10-15-8-9-18-2/h4,7,11,13,15H,3,5-6,8-10H2,1-2H3. The van der Waals surface area contributed by atoms with E-state index in [1.54, 1.807) is 7.11 Å². The van der Waals surface area contributed by atoms with Gasteiger partial charge in [0.2, 0.25) is 0 Å². The number of anilines is 1. The first-order valence-electron chi connectivity index (χ1n) is 6.76. The van der Waals surface area contributed by atoms with E-state index in [4.69, 9.17) is 4.74 Å². The topological polar surface area (TPSA) is 37.4 Å². The van der Waals surface area contributed by atoms with Crippen LogP contribution in [0.4, 0.5) is 5.82 Å². The lowest BCUT2D eigenvalue weighted by Crippen LogP contribution is -2.26. The lowest BCUT2D eigenvalue weighted by atomic mass is 10.2. The molecular weight excluding hydrogens is 226 g/mol. The Morgan fingerprint density at radius 2 is 2.28 bits per heavy atom. The molecule has 100 valence electrons. The predicted molar refractivity (Wildman–Crippen MR) is 73.9 cm³/mol. The molecule has 0 bridgehead atoms. The van der Waals surface area contributed by atoms with Crippen LogP contribution >= 0.6 is 0 Å². The van der Waals surface area contributed by atoms with E-state index in [2.05, 4.69) is 34.3 Å². The number of nitrogens with zero attached hydrogens (tertiary/aromatic N) is 2. The van der Waals surface area contributed by atoms with Crippen molar-refractivity contribution in [3.05, 3.63) is 23.9 Å². The summed E-state index contributed by atoms with van der Waals surface area (Å²) < 4.78 is 4.99. The summed E-state index contributed by atoms with van der Waals surface area (Å²) in [6.45, 7) is 5.72. The highest BCUT2D eigenvalue weighted by Crippen LogP contribution is 2.30. The summed E-state index contributed by atoms with van der Waals surface area (Å²) in [5, 5.41) is 3.32. The summed E-state index contributed by atoms with van der Waals surface area (Å²) in [5.41, 5.74) is 1.22. The smallest absolute Gasteiger partial charge is 0.128 e. The number of ether oxygens (including phenoxy) is 1. The Bertz CT molecular complexity index is 349. The van der Waals surface area contributed by atoms with Gasteiger partial charge in [-0.15, -0.1) is 0 Å². The maximum atomic E-state index is 4.99. The molecule has 0 aromatic carbocycles. The zero-order valence-corrected chi connectivity index (χ0v) is 11.4. The molecule has 4 heteroatoms. The van der Waals surface area contributed by atoms with Crippen LogP contribution in [-0.2, 0) is 11.3 Å². The second-order valence-corrected chi connectivity index (χ2v) is 4.71. The molecule has 0 spiro atoms. The number of rotatable bonds is 8. The molecule has 1 saturated carbocycles. The molecule has 0 aliphatic heterocycles. The van der Waals surface area contributed by atoms with Crippen molar-refractivity contribution in [1.29, 1.82) is 0 Å². The molecule has 0 amide bonds. The van der Waals surface area contributed by atoms with Crippen LogP contribution < -0.4 is 10.2 Å². The molecule has 1 aliphatic rings. The monoisotopic (exact) mass is 249 g/mol. The maximum Gasteiger partial charge on any atom is 0.128 e. The molecule has 4 nitrogen and oxygen atoms in total. The molecule has 0 atom stereocenters. The fraction of sp³-hybridized carbons (Fsp3) is 0.643. The van der Waals surface area contributed by atoms with E-state index >= 15 is 0 Å². The van der Waals surface area contributed by atoms with Crippen LogP contribution in [0.25, 0.3) is 0 Å². The van der Waals surface area contributed by atoms with Crippen LogP contribution in [0.5, 0.6) is 0 Å². The highest BCUT2D eigenvalue weighted by molar-refractivity contribution is 5.41. The third-order valence-electron chi connectivity index (χ3n) is 3.24. The summed E-state index contributed by atoms with van der Waals surface area (Å²) in [6.07, 6.45) is 4.60. The van der Waals surface area contributed by atoms with E-state index in [0.717, 1.165) is 38.1 Å². The summed E-state index contributed by atoms with van der Waals surface area (Å²) in [4.78, 5) is 6.96. The van der Waals surface area contributed by atoms with Gasteiger partial charge in [-0.05, 0) is 31.4 Å². The fourth-order valence-electron chi connectivity index (χ4n) is 2.09. The van der Waals surface area contributed by atoms with Crippen LogP contribution in [0.1, 0.15) is 25.3 Å². The van der Waals surface area contributed by atoms with E-state index < -0.39 is 0 Å². The molecule has 1 aliphatic carbocycles. The van der Waals surface area contributed by atoms with Crippen molar-refractivity contribution in [2.45, 2.75) is 32.4 Å². The molecular formula is C14H23N3O. The van der Waals surface area contributed by atoms with Gasteiger partial charge < -0.3 is 15.0 Å². The summed E-state index contributed by atoms with van der Waals surface area (Å²) in [6, 6.07) is 5.02. The van der Waals surface area contributed by atoms with E-state index in [0.29, 0.717) is 0 Å². The van der Waals surface area contributed by atoms with Crippen LogP contribution in [-0.4, -0.2) is 37.8 Å². The number of hydrogen-bond acceptors (Lipinski definition) is 4. The van der Waals surface area contributed by atoms with Gasteiger partial charge in [0.05, 0.1) is 6.61 Å². The SMILES string of the molecule is CCN(c1ccc(CNCCOC)cn1)C1CC1. The molecule has 1 aromatic heterocycles. The van der Waals surface area contributed by atoms with Gasteiger partial charge in [0, 0.05) is 39.0 Å². The highest BCUT2D eigenvalue weighted by Gasteiger charge is 2.28. The first-order valence-corrected chi connectivity index (χ1v) is 6.76. The van der Waals surface area contributed by atoms with Crippen LogP contribution in [0, 0.1) is 0 Å². The molecule has 1 heterocycles. The van der Waals surface area contributed by atoms with Crippen LogP contribution in [0.3, 0.4) is 0 Å². The minimum atomic E-state index is 0.730. The van der Waals surface area contributed by atoms with Gasteiger partial charge >= 0.3 is 0 Å². The zero-order valence-electron chi connectivity index (χ0n) is 11.4. The highest BCUT2D eigenvalue weighted by atomic mass is 16.5. The Morgan fingerprint density at radius 3 is 2.83 bits per heavy atom. The molecule has 1 aromatic rings. The number of methoxy groups -OCH3 is 1. The van der Waals surface area contributed by atoms with Crippen molar-refractivity contribution >= 4 is 5.82 Å². The third-order valence-corrected chi connectivity index (χ3v) is 3.24. The molecule has 0 unspecified atom stereocenters. The molecule has 1 N–H and O–H groups in total. The molecule has 0 radical (unpaired) electrons. The summed E-state index contributed by atoms with van der Waals surface area (Å²) in [7, 11) is 1.72. The number of hydrogen-bond donors (Lipinski definition) is 1. The first-order chi connectivity index (χ1) is 8.85. The Hall–Kier alpha value is -1.13. The van der Waals surface area contributed by atoms with Crippen molar-refractivity contribution in [2.24, 2.45) is 0 Å².